The van der Waals surface area contributed by atoms with Crippen LogP contribution in [0.25, 0.3) is 0 Å². The maximum absolute atomic E-state index is 5.76. The minimum absolute atomic E-state index is 0.297. The molecule has 0 spiro atoms. The molecule has 6 heteroatoms. The summed E-state index contributed by atoms with van der Waals surface area (Å²) in [4.78, 5) is 8.38. The molecule has 0 saturated carbocycles. The molecule has 0 radical (unpaired) electrons. The van der Waals surface area contributed by atoms with Gasteiger partial charge in [0, 0.05) is 12.7 Å². The maximum Gasteiger partial charge on any atom is 0.224 e. The highest BCUT2D eigenvalue weighted by molar-refractivity contribution is 5.43. The fourth-order valence-electron chi connectivity index (χ4n) is 1.72. The van der Waals surface area contributed by atoms with Crippen molar-refractivity contribution < 1.29 is 14.2 Å². The summed E-state index contributed by atoms with van der Waals surface area (Å²) in [5.74, 6) is 2.43. The van der Waals surface area contributed by atoms with Gasteiger partial charge in [0.2, 0.25) is 5.88 Å². The maximum atomic E-state index is 5.76. The molecule has 1 aromatic heterocycles. The van der Waals surface area contributed by atoms with Crippen LogP contribution >= 0.6 is 0 Å². The molecule has 0 aliphatic rings. The molecular weight excluding hydrogens is 270 g/mol. The number of hydrogen-bond acceptors (Lipinski definition) is 6. The number of hydrogen-bond donors (Lipinski definition) is 1. The zero-order valence-electron chi connectivity index (χ0n) is 12.2. The van der Waals surface area contributed by atoms with Gasteiger partial charge in [-0.15, -0.1) is 0 Å². The Labute approximate surface area is 123 Å². The highest BCUT2D eigenvalue weighted by Crippen LogP contribution is 2.30. The Hall–Kier alpha value is -2.34. The molecule has 0 fully saturated rings. The van der Waals surface area contributed by atoms with Crippen molar-refractivity contribution in [2.75, 3.05) is 18.9 Å². The highest BCUT2D eigenvalue weighted by Gasteiger charge is 2.09. The fourth-order valence-corrected chi connectivity index (χ4v) is 1.72. The van der Waals surface area contributed by atoms with Gasteiger partial charge in [0.1, 0.15) is 12.4 Å². The van der Waals surface area contributed by atoms with E-state index in [2.05, 4.69) is 9.97 Å². The van der Waals surface area contributed by atoms with Crippen molar-refractivity contribution in [3.05, 3.63) is 36.2 Å². The van der Waals surface area contributed by atoms with Crippen molar-refractivity contribution in [3.8, 4) is 17.4 Å². The normalized spacial score (nSPS) is 10.4. The van der Waals surface area contributed by atoms with Crippen LogP contribution in [0, 0.1) is 0 Å². The van der Waals surface area contributed by atoms with Crippen LogP contribution in [0.3, 0.4) is 0 Å². The molecule has 2 N–H and O–H groups in total. The van der Waals surface area contributed by atoms with Crippen LogP contribution in [0.1, 0.15) is 19.7 Å². The van der Waals surface area contributed by atoms with E-state index < -0.39 is 0 Å². The lowest BCUT2D eigenvalue weighted by Crippen LogP contribution is -2.04. The van der Waals surface area contributed by atoms with Gasteiger partial charge < -0.3 is 19.9 Å². The molecule has 0 aliphatic carbocycles. The zero-order valence-corrected chi connectivity index (χ0v) is 12.2. The molecule has 1 heterocycles. The molecule has 112 valence electrons. The average Bonchev–Trinajstić information content (AvgIpc) is 2.47. The van der Waals surface area contributed by atoms with Crippen LogP contribution in [-0.2, 0) is 11.3 Å². The van der Waals surface area contributed by atoms with E-state index in [1.165, 1.54) is 0 Å². The molecule has 0 amide bonds. The second-order valence-electron chi connectivity index (χ2n) is 4.17. The van der Waals surface area contributed by atoms with E-state index in [4.69, 9.17) is 19.9 Å². The number of nitrogens with two attached hydrogens (primary N) is 1. The molecule has 0 atom stereocenters. The Balaban J connectivity index is 2.21. The number of rotatable bonds is 7. The molecule has 1 aromatic carbocycles. The van der Waals surface area contributed by atoms with Crippen LogP contribution in [0.5, 0.6) is 17.4 Å². The zero-order chi connectivity index (χ0) is 15.1. The topological polar surface area (TPSA) is 79.5 Å². The molecule has 6 nitrogen and oxygen atoms in total. The number of benzene rings is 1. The number of anilines is 1. The monoisotopic (exact) mass is 289 g/mol. The third kappa shape index (κ3) is 4.32. The molecule has 0 aliphatic heterocycles. The smallest absolute Gasteiger partial charge is 0.224 e. The van der Waals surface area contributed by atoms with Crippen molar-refractivity contribution in [3.63, 3.8) is 0 Å². The lowest BCUT2D eigenvalue weighted by molar-refractivity contribution is 0.128. The van der Waals surface area contributed by atoms with Gasteiger partial charge in [-0.05, 0) is 26.0 Å². The number of para-hydroxylation sites is 2. The molecule has 0 saturated heterocycles. The quantitative estimate of drug-likeness (QED) is 0.844. The first-order valence-electron chi connectivity index (χ1n) is 6.83. The predicted octanol–water partition coefficient (Wildman–Crippen LogP) is 2.79. The number of aromatic nitrogens is 2. The van der Waals surface area contributed by atoms with E-state index in [9.17, 15) is 0 Å². The van der Waals surface area contributed by atoms with Gasteiger partial charge in [0.25, 0.3) is 0 Å². The number of nitrogen functional groups attached to an aromatic ring is 1. The van der Waals surface area contributed by atoms with Crippen molar-refractivity contribution >= 4 is 5.82 Å². The first-order valence-corrected chi connectivity index (χ1v) is 6.83. The van der Waals surface area contributed by atoms with E-state index in [0.717, 1.165) is 0 Å². The van der Waals surface area contributed by atoms with E-state index in [1.807, 2.05) is 38.1 Å². The summed E-state index contributed by atoms with van der Waals surface area (Å²) in [6.45, 7) is 5.26. The largest absolute Gasteiger partial charge is 0.490 e. The third-order valence-corrected chi connectivity index (χ3v) is 2.57. The van der Waals surface area contributed by atoms with Gasteiger partial charge >= 0.3 is 0 Å². The average molecular weight is 289 g/mol. The minimum atomic E-state index is 0.297. The van der Waals surface area contributed by atoms with Gasteiger partial charge in [-0.2, -0.15) is 4.98 Å². The lowest BCUT2D eigenvalue weighted by Gasteiger charge is -2.11. The second kappa shape index (κ2) is 7.44. The first kappa shape index (κ1) is 15.1. The third-order valence-electron chi connectivity index (χ3n) is 2.57. The van der Waals surface area contributed by atoms with Crippen molar-refractivity contribution in [1.82, 2.24) is 9.97 Å². The van der Waals surface area contributed by atoms with E-state index >= 15 is 0 Å². The van der Waals surface area contributed by atoms with Crippen LogP contribution < -0.4 is 15.2 Å². The SMILES string of the molecule is CCOCc1nc(N)cc(Oc2ccccc2OCC)n1. The predicted molar refractivity (Wildman–Crippen MR) is 79.5 cm³/mol. The second-order valence-corrected chi connectivity index (χ2v) is 4.17. The van der Waals surface area contributed by atoms with Gasteiger partial charge in [-0.1, -0.05) is 12.1 Å². The summed E-state index contributed by atoms with van der Waals surface area (Å²) < 4.78 is 16.5. The Morgan fingerprint density at radius 2 is 1.81 bits per heavy atom. The van der Waals surface area contributed by atoms with Gasteiger partial charge in [0.05, 0.1) is 6.61 Å². The summed E-state index contributed by atoms with van der Waals surface area (Å²) in [6, 6.07) is 8.96. The Kier molecular flexibility index (Phi) is 5.34. The molecule has 2 rings (SSSR count). The highest BCUT2D eigenvalue weighted by atomic mass is 16.5. The minimum Gasteiger partial charge on any atom is -0.490 e. The Morgan fingerprint density at radius 1 is 1.05 bits per heavy atom. The molecule has 0 unspecified atom stereocenters. The van der Waals surface area contributed by atoms with E-state index in [0.29, 0.717) is 48.8 Å². The summed E-state index contributed by atoms with van der Waals surface area (Å²) in [5.41, 5.74) is 5.76. The van der Waals surface area contributed by atoms with E-state index in [1.54, 1.807) is 6.07 Å². The van der Waals surface area contributed by atoms with Gasteiger partial charge in [-0.25, -0.2) is 4.98 Å². The van der Waals surface area contributed by atoms with Crippen LogP contribution in [0.15, 0.2) is 30.3 Å². The molecular formula is C15H19N3O3. The van der Waals surface area contributed by atoms with Gasteiger partial charge in [-0.3, -0.25) is 0 Å². The summed E-state index contributed by atoms with van der Waals surface area (Å²) >= 11 is 0. The number of ether oxygens (including phenoxy) is 3. The lowest BCUT2D eigenvalue weighted by atomic mass is 10.3. The molecule has 0 bridgehead atoms. The summed E-state index contributed by atoms with van der Waals surface area (Å²) in [7, 11) is 0. The van der Waals surface area contributed by atoms with Crippen molar-refractivity contribution in [2.45, 2.75) is 20.5 Å². The number of nitrogens with zero attached hydrogens (tertiary/aromatic N) is 2. The Morgan fingerprint density at radius 3 is 2.52 bits per heavy atom. The van der Waals surface area contributed by atoms with Crippen LogP contribution in [-0.4, -0.2) is 23.2 Å². The molecule has 2 aromatic rings. The van der Waals surface area contributed by atoms with Gasteiger partial charge in [0.15, 0.2) is 17.3 Å². The summed E-state index contributed by atoms with van der Waals surface area (Å²) in [5, 5.41) is 0. The molecule has 21 heavy (non-hydrogen) atoms. The van der Waals surface area contributed by atoms with Crippen molar-refractivity contribution in [2.24, 2.45) is 0 Å². The fraction of sp³-hybridized carbons (Fsp3) is 0.333. The summed E-state index contributed by atoms with van der Waals surface area (Å²) in [6.07, 6.45) is 0. The first-order chi connectivity index (χ1) is 10.2. The van der Waals surface area contributed by atoms with Crippen molar-refractivity contribution in [1.29, 1.82) is 0 Å². The van der Waals surface area contributed by atoms with Crippen LogP contribution in [0.4, 0.5) is 5.82 Å². The standard InChI is InChI=1S/C15H19N3O3/c1-3-19-10-14-17-13(16)9-15(18-14)21-12-8-6-5-7-11(12)20-4-2/h5-9H,3-4,10H2,1-2H3,(H2,16,17,18). The van der Waals surface area contributed by atoms with Crippen LogP contribution in [0.2, 0.25) is 0 Å². The van der Waals surface area contributed by atoms with E-state index in [-0.39, 0.29) is 0 Å². The Bertz CT molecular complexity index is 590.